The van der Waals surface area contributed by atoms with Crippen molar-refractivity contribution in [2.45, 2.75) is 50.8 Å². The van der Waals surface area contributed by atoms with Crippen LogP contribution in [0.2, 0.25) is 0 Å². The lowest BCUT2D eigenvalue weighted by Crippen LogP contribution is -2.42. The fourth-order valence-corrected chi connectivity index (χ4v) is 2.22. The highest BCUT2D eigenvalue weighted by Crippen LogP contribution is 2.42. The molecule has 6 heteroatoms. The van der Waals surface area contributed by atoms with Crippen LogP contribution in [-0.4, -0.2) is 23.9 Å². The van der Waals surface area contributed by atoms with Crippen molar-refractivity contribution in [2.75, 3.05) is 6.61 Å². The third-order valence-electron chi connectivity index (χ3n) is 3.45. The van der Waals surface area contributed by atoms with Gasteiger partial charge >= 0.3 is 12.1 Å². The summed E-state index contributed by atoms with van der Waals surface area (Å²) < 4.78 is 44.4. The first kappa shape index (κ1) is 18.5. The number of halogens is 3. The molecule has 0 aliphatic rings. The topological polar surface area (TPSA) is 46.5 Å². The number of rotatable bonds is 8. The summed E-state index contributed by atoms with van der Waals surface area (Å²) in [5, 5.41) is 10.1. The van der Waals surface area contributed by atoms with E-state index in [9.17, 15) is 23.1 Å². The third-order valence-corrected chi connectivity index (χ3v) is 3.45. The lowest BCUT2D eigenvalue weighted by molar-refractivity contribution is -0.269. The zero-order chi connectivity index (χ0) is 16.6. The van der Waals surface area contributed by atoms with Crippen LogP contribution in [-0.2, 0) is 15.1 Å². The Balaban J connectivity index is 2.56. The number of hydrogen-bond acceptors (Lipinski definition) is 3. The highest BCUT2D eigenvalue weighted by Gasteiger charge is 2.54. The molecular formula is C16H21F3O3. The second kappa shape index (κ2) is 8.17. The highest BCUT2D eigenvalue weighted by atomic mass is 19.4. The van der Waals surface area contributed by atoms with Crippen molar-refractivity contribution in [3.8, 4) is 0 Å². The van der Waals surface area contributed by atoms with Gasteiger partial charge in [-0.05, 0) is 31.7 Å². The van der Waals surface area contributed by atoms with Crippen LogP contribution in [0.5, 0.6) is 0 Å². The van der Waals surface area contributed by atoms with E-state index in [-0.39, 0.29) is 24.4 Å². The van der Waals surface area contributed by atoms with Crippen LogP contribution in [0.4, 0.5) is 13.2 Å². The Kier molecular flexibility index (Phi) is 6.87. The van der Waals surface area contributed by atoms with E-state index in [4.69, 9.17) is 4.74 Å². The van der Waals surface area contributed by atoms with Gasteiger partial charge in [-0.3, -0.25) is 4.79 Å². The number of esters is 1. The summed E-state index contributed by atoms with van der Waals surface area (Å²) in [5.74, 6) is -0.350. The number of benzene rings is 1. The maximum absolute atomic E-state index is 13.2. The number of aliphatic hydroxyl groups is 1. The number of carbonyl (C=O) groups excluding carboxylic acids is 1. The van der Waals surface area contributed by atoms with Crippen LogP contribution in [0.1, 0.15) is 44.6 Å². The first-order chi connectivity index (χ1) is 10.3. The van der Waals surface area contributed by atoms with Gasteiger partial charge in [0.1, 0.15) is 0 Å². The molecular weight excluding hydrogens is 297 g/mol. The van der Waals surface area contributed by atoms with Gasteiger partial charge in [-0.1, -0.05) is 36.8 Å². The van der Waals surface area contributed by atoms with Crippen molar-refractivity contribution in [1.82, 2.24) is 0 Å². The Morgan fingerprint density at radius 1 is 1.14 bits per heavy atom. The summed E-state index contributed by atoms with van der Waals surface area (Å²) in [6, 6.07) is 7.07. The summed E-state index contributed by atoms with van der Waals surface area (Å²) in [4.78, 5) is 11.1. The van der Waals surface area contributed by atoms with E-state index in [2.05, 4.69) is 0 Å². The number of alkyl halides is 3. The number of carbonyl (C=O) groups is 1. The fraction of sp³-hybridized carbons (Fsp3) is 0.562. The Labute approximate surface area is 128 Å². The molecule has 0 heterocycles. The van der Waals surface area contributed by atoms with Crippen molar-refractivity contribution in [3.05, 3.63) is 35.9 Å². The molecule has 0 aliphatic heterocycles. The average Bonchev–Trinajstić information content (AvgIpc) is 2.46. The summed E-state index contributed by atoms with van der Waals surface area (Å²) >= 11 is 0. The van der Waals surface area contributed by atoms with Gasteiger partial charge in [-0.25, -0.2) is 0 Å². The molecule has 1 aromatic rings. The van der Waals surface area contributed by atoms with Crippen molar-refractivity contribution >= 4 is 5.97 Å². The Bertz CT molecular complexity index is 459. The van der Waals surface area contributed by atoms with Crippen LogP contribution >= 0.6 is 0 Å². The largest absolute Gasteiger partial charge is 0.466 e. The van der Waals surface area contributed by atoms with E-state index in [1.54, 1.807) is 13.0 Å². The predicted molar refractivity (Wildman–Crippen MR) is 76.1 cm³/mol. The van der Waals surface area contributed by atoms with Gasteiger partial charge in [0.05, 0.1) is 6.61 Å². The van der Waals surface area contributed by atoms with E-state index < -0.39 is 18.2 Å². The molecule has 124 valence electrons. The highest BCUT2D eigenvalue weighted by molar-refractivity contribution is 5.69. The standard InChI is InChI=1S/C16H21F3O3/c1-2-22-14(20)11-7-4-8-12-15(21,16(17,18)19)13-9-5-3-6-10-13/h3,5-6,9-10,21H,2,4,7-8,11-12H2,1H3. The number of unbranched alkanes of at least 4 members (excludes halogenated alkanes) is 2. The molecule has 0 aromatic heterocycles. The van der Waals surface area contributed by atoms with E-state index in [0.29, 0.717) is 19.4 Å². The molecule has 1 aromatic carbocycles. The Hall–Kier alpha value is -1.56. The molecule has 0 spiro atoms. The molecule has 1 rings (SSSR count). The molecule has 0 fully saturated rings. The van der Waals surface area contributed by atoms with Crippen LogP contribution in [0, 0.1) is 0 Å². The Morgan fingerprint density at radius 3 is 2.32 bits per heavy atom. The van der Waals surface area contributed by atoms with Crippen LogP contribution in [0.3, 0.4) is 0 Å². The van der Waals surface area contributed by atoms with Crippen molar-refractivity contribution in [1.29, 1.82) is 0 Å². The first-order valence-electron chi connectivity index (χ1n) is 7.31. The normalized spacial score (nSPS) is 14.4. The van der Waals surface area contributed by atoms with E-state index in [0.717, 1.165) is 0 Å². The van der Waals surface area contributed by atoms with Crippen LogP contribution < -0.4 is 0 Å². The van der Waals surface area contributed by atoms with Crippen LogP contribution in [0.25, 0.3) is 0 Å². The maximum Gasteiger partial charge on any atom is 0.421 e. The lowest BCUT2D eigenvalue weighted by atomic mass is 9.87. The minimum Gasteiger partial charge on any atom is -0.466 e. The number of ether oxygens (including phenoxy) is 1. The zero-order valence-electron chi connectivity index (χ0n) is 12.5. The summed E-state index contributed by atoms with van der Waals surface area (Å²) in [6.07, 6.45) is -3.95. The van der Waals surface area contributed by atoms with Gasteiger partial charge < -0.3 is 9.84 Å². The molecule has 0 bridgehead atoms. The van der Waals surface area contributed by atoms with Crippen molar-refractivity contribution < 1.29 is 27.8 Å². The average molecular weight is 318 g/mol. The van der Waals surface area contributed by atoms with Crippen LogP contribution in [0.15, 0.2) is 30.3 Å². The molecule has 0 aliphatic carbocycles. The van der Waals surface area contributed by atoms with Gasteiger partial charge in [-0.2, -0.15) is 13.2 Å². The molecule has 3 nitrogen and oxygen atoms in total. The van der Waals surface area contributed by atoms with Crippen molar-refractivity contribution in [3.63, 3.8) is 0 Å². The quantitative estimate of drug-likeness (QED) is 0.583. The summed E-state index contributed by atoms with van der Waals surface area (Å²) in [6.45, 7) is 1.99. The molecule has 0 radical (unpaired) electrons. The van der Waals surface area contributed by atoms with E-state index in [1.807, 2.05) is 0 Å². The third kappa shape index (κ3) is 5.02. The fourth-order valence-electron chi connectivity index (χ4n) is 2.22. The lowest BCUT2D eigenvalue weighted by Gasteiger charge is -2.31. The number of hydrogen-bond donors (Lipinski definition) is 1. The maximum atomic E-state index is 13.2. The SMILES string of the molecule is CCOC(=O)CCCCCC(O)(c1ccccc1)C(F)(F)F. The van der Waals surface area contributed by atoms with E-state index in [1.165, 1.54) is 24.3 Å². The second-order valence-electron chi connectivity index (χ2n) is 5.09. The summed E-state index contributed by atoms with van der Waals surface area (Å²) in [7, 11) is 0. The molecule has 0 saturated heterocycles. The molecule has 22 heavy (non-hydrogen) atoms. The van der Waals surface area contributed by atoms with Gasteiger partial charge in [0.25, 0.3) is 0 Å². The smallest absolute Gasteiger partial charge is 0.421 e. The molecule has 1 N–H and O–H groups in total. The van der Waals surface area contributed by atoms with Gasteiger partial charge in [0.15, 0.2) is 5.60 Å². The molecule has 1 unspecified atom stereocenters. The second-order valence-corrected chi connectivity index (χ2v) is 5.09. The van der Waals surface area contributed by atoms with Gasteiger partial charge in [-0.15, -0.1) is 0 Å². The monoisotopic (exact) mass is 318 g/mol. The van der Waals surface area contributed by atoms with E-state index >= 15 is 0 Å². The van der Waals surface area contributed by atoms with Gasteiger partial charge in [0, 0.05) is 6.42 Å². The zero-order valence-corrected chi connectivity index (χ0v) is 12.5. The minimum atomic E-state index is -4.74. The first-order valence-corrected chi connectivity index (χ1v) is 7.31. The molecule has 0 amide bonds. The van der Waals surface area contributed by atoms with Gasteiger partial charge in [0.2, 0.25) is 0 Å². The predicted octanol–water partition coefficient (Wildman–Crippen LogP) is 3.95. The molecule has 0 saturated carbocycles. The Morgan fingerprint density at radius 2 is 1.77 bits per heavy atom. The minimum absolute atomic E-state index is 0.159. The van der Waals surface area contributed by atoms with Crippen molar-refractivity contribution in [2.24, 2.45) is 0 Å². The summed E-state index contributed by atoms with van der Waals surface area (Å²) in [5.41, 5.74) is -3.01. The molecule has 1 atom stereocenters.